The summed E-state index contributed by atoms with van der Waals surface area (Å²) in [5.74, 6) is -0.204. The molecule has 0 saturated heterocycles. The number of unbranched alkanes of at least 4 members (excludes halogenated alkanes) is 9. The molecule has 1 unspecified atom stereocenters. The van der Waals surface area contributed by atoms with Crippen LogP contribution in [0.4, 0.5) is 0 Å². The number of furan rings is 1. The Labute approximate surface area is 161 Å². The third kappa shape index (κ3) is 9.06. The van der Waals surface area contributed by atoms with Gasteiger partial charge < -0.3 is 9.15 Å². The monoisotopic (exact) mass is 380 g/mol. The summed E-state index contributed by atoms with van der Waals surface area (Å²) in [7, 11) is -1.58. The molecule has 1 aromatic rings. The van der Waals surface area contributed by atoms with Crippen LogP contribution in [0.25, 0.3) is 0 Å². The summed E-state index contributed by atoms with van der Waals surface area (Å²) in [4.78, 5) is 11.6. The van der Waals surface area contributed by atoms with E-state index in [-0.39, 0.29) is 12.1 Å². The molecule has 0 aliphatic carbocycles. The van der Waals surface area contributed by atoms with Crippen LogP contribution >= 0.6 is 0 Å². The van der Waals surface area contributed by atoms with Gasteiger partial charge in [0.15, 0.2) is 0 Å². The lowest BCUT2D eigenvalue weighted by Gasteiger charge is -2.21. The first-order valence-electron chi connectivity index (χ1n) is 10.6. The van der Waals surface area contributed by atoms with Crippen molar-refractivity contribution in [3.8, 4) is 0 Å². The zero-order chi connectivity index (χ0) is 19.4. The lowest BCUT2D eigenvalue weighted by molar-refractivity contribution is -0.147. The van der Waals surface area contributed by atoms with Crippen molar-refractivity contribution in [2.45, 2.75) is 110 Å². The van der Waals surface area contributed by atoms with Gasteiger partial charge in [0.1, 0.15) is 14.2 Å². The quantitative estimate of drug-likeness (QED) is 0.204. The van der Waals surface area contributed by atoms with Crippen molar-refractivity contribution in [3.63, 3.8) is 0 Å². The van der Waals surface area contributed by atoms with E-state index in [2.05, 4.69) is 26.6 Å². The smallest absolute Gasteiger partial charge is 0.303 e. The fourth-order valence-corrected chi connectivity index (χ4v) is 5.01. The van der Waals surface area contributed by atoms with Crippen LogP contribution in [0.3, 0.4) is 0 Å². The fraction of sp³-hybridized carbons (Fsp3) is 0.773. The minimum Gasteiger partial charge on any atom is -0.474 e. The first kappa shape index (κ1) is 23.0. The minimum atomic E-state index is -1.58. The Balaban J connectivity index is 2.36. The number of esters is 1. The maximum absolute atomic E-state index is 11.6. The summed E-state index contributed by atoms with van der Waals surface area (Å²) in [5.41, 5.74) is 1.09. The van der Waals surface area contributed by atoms with Gasteiger partial charge in [-0.15, -0.1) is 0 Å². The highest BCUT2D eigenvalue weighted by molar-refractivity contribution is 6.88. The van der Waals surface area contributed by atoms with Crippen molar-refractivity contribution < 1.29 is 13.9 Å². The summed E-state index contributed by atoms with van der Waals surface area (Å²) >= 11 is 0. The molecule has 0 bridgehead atoms. The van der Waals surface area contributed by atoms with Gasteiger partial charge in [-0.2, -0.15) is 0 Å². The number of hydrogen-bond acceptors (Lipinski definition) is 3. The van der Waals surface area contributed by atoms with E-state index < -0.39 is 8.07 Å². The molecule has 0 spiro atoms. The highest BCUT2D eigenvalue weighted by atomic mass is 28.3. The molecule has 150 valence electrons. The molecule has 1 rings (SSSR count). The predicted molar refractivity (Wildman–Crippen MR) is 113 cm³/mol. The normalized spacial score (nSPS) is 13.0. The second-order valence-corrected chi connectivity index (χ2v) is 13.5. The molecule has 0 amide bonds. The number of carbonyl (C=O) groups excluding carboxylic acids is 1. The fourth-order valence-electron chi connectivity index (χ4n) is 3.48. The SMILES string of the molecule is CCCCCCCCCCCCC(OC(C)=O)c1ccoc1[Si](C)(C)C. The molecule has 26 heavy (non-hydrogen) atoms. The summed E-state index contributed by atoms with van der Waals surface area (Å²) < 4.78 is 11.4. The maximum Gasteiger partial charge on any atom is 0.303 e. The van der Waals surface area contributed by atoms with E-state index in [0.29, 0.717) is 0 Å². The molecule has 0 fully saturated rings. The summed E-state index contributed by atoms with van der Waals surface area (Å²) in [6, 6.07) is 2.00. The Kier molecular flexibility index (Phi) is 10.9. The number of carbonyl (C=O) groups is 1. The van der Waals surface area contributed by atoms with Crippen LogP contribution in [-0.2, 0) is 9.53 Å². The van der Waals surface area contributed by atoms with Crippen LogP contribution in [0.1, 0.15) is 96.1 Å². The van der Waals surface area contributed by atoms with Gasteiger partial charge in [-0.05, 0) is 18.9 Å². The zero-order valence-electron chi connectivity index (χ0n) is 17.7. The summed E-state index contributed by atoms with van der Waals surface area (Å²) in [6.07, 6.45) is 15.6. The molecule has 0 aliphatic rings. The first-order chi connectivity index (χ1) is 12.4. The standard InChI is InChI=1S/C22H40O3Si/c1-6-7-8-9-10-11-12-13-14-15-16-21(25-19(2)23)20-17-18-24-22(20)26(3,4)5/h17-18,21H,6-16H2,1-5H3. The number of ether oxygens (including phenoxy) is 1. The second kappa shape index (κ2) is 12.4. The highest BCUT2D eigenvalue weighted by Crippen LogP contribution is 2.26. The lowest BCUT2D eigenvalue weighted by atomic mass is 10.0. The molecule has 0 saturated carbocycles. The Morgan fingerprint density at radius 3 is 2.04 bits per heavy atom. The molecule has 0 aliphatic heterocycles. The van der Waals surface area contributed by atoms with Gasteiger partial charge >= 0.3 is 5.97 Å². The Morgan fingerprint density at radius 1 is 1.00 bits per heavy atom. The molecular formula is C22H40O3Si. The van der Waals surface area contributed by atoms with E-state index in [9.17, 15) is 4.79 Å². The van der Waals surface area contributed by atoms with Gasteiger partial charge in [-0.1, -0.05) is 84.4 Å². The van der Waals surface area contributed by atoms with E-state index in [0.717, 1.165) is 23.8 Å². The van der Waals surface area contributed by atoms with Crippen molar-refractivity contribution in [3.05, 3.63) is 17.9 Å². The minimum absolute atomic E-state index is 0.151. The van der Waals surface area contributed by atoms with E-state index >= 15 is 0 Å². The van der Waals surface area contributed by atoms with Gasteiger partial charge in [0.2, 0.25) is 0 Å². The van der Waals surface area contributed by atoms with Gasteiger partial charge in [-0.3, -0.25) is 4.79 Å². The molecule has 1 aromatic heterocycles. The zero-order valence-corrected chi connectivity index (χ0v) is 18.7. The highest BCUT2D eigenvalue weighted by Gasteiger charge is 2.29. The van der Waals surface area contributed by atoms with E-state index in [4.69, 9.17) is 9.15 Å². The predicted octanol–water partition coefficient (Wildman–Crippen LogP) is 6.74. The molecule has 1 heterocycles. The number of rotatable bonds is 14. The maximum atomic E-state index is 11.6. The van der Waals surface area contributed by atoms with Crippen LogP contribution in [0, 0.1) is 0 Å². The van der Waals surface area contributed by atoms with Crippen molar-refractivity contribution >= 4 is 19.4 Å². The molecule has 0 aromatic carbocycles. The summed E-state index contributed by atoms with van der Waals surface area (Å²) in [5, 5.41) is 1.07. The van der Waals surface area contributed by atoms with E-state index in [1.807, 2.05) is 6.07 Å². The van der Waals surface area contributed by atoms with Gasteiger partial charge in [0.05, 0.1) is 11.6 Å². The molecule has 4 heteroatoms. The molecule has 0 N–H and O–H groups in total. The van der Waals surface area contributed by atoms with Gasteiger partial charge in [-0.25, -0.2) is 0 Å². The van der Waals surface area contributed by atoms with Crippen LogP contribution < -0.4 is 5.38 Å². The molecule has 0 radical (unpaired) electrons. The summed E-state index contributed by atoms with van der Waals surface area (Å²) in [6.45, 7) is 10.6. The van der Waals surface area contributed by atoms with Crippen molar-refractivity contribution in [1.29, 1.82) is 0 Å². The van der Waals surface area contributed by atoms with Crippen LogP contribution in [0.15, 0.2) is 16.7 Å². The first-order valence-corrected chi connectivity index (χ1v) is 14.1. The Bertz CT molecular complexity index is 502. The van der Waals surface area contributed by atoms with Gasteiger partial charge in [0, 0.05) is 12.5 Å². The van der Waals surface area contributed by atoms with Crippen LogP contribution in [0.2, 0.25) is 19.6 Å². The van der Waals surface area contributed by atoms with Crippen LogP contribution in [0.5, 0.6) is 0 Å². The topological polar surface area (TPSA) is 39.4 Å². The average Bonchev–Trinajstić information content (AvgIpc) is 3.05. The van der Waals surface area contributed by atoms with Crippen molar-refractivity contribution in [1.82, 2.24) is 0 Å². The van der Waals surface area contributed by atoms with Crippen LogP contribution in [-0.4, -0.2) is 14.0 Å². The van der Waals surface area contributed by atoms with Crippen molar-refractivity contribution in [2.75, 3.05) is 0 Å². The largest absolute Gasteiger partial charge is 0.474 e. The Hall–Kier alpha value is -1.03. The molecular weight excluding hydrogens is 340 g/mol. The number of hydrogen-bond donors (Lipinski definition) is 0. The van der Waals surface area contributed by atoms with Crippen molar-refractivity contribution in [2.24, 2.45) is 0 Å². The van der Waals surface area contributed by atoms with E-state index in [1.165, 1.54) is 64.7 Å². The third-order valence-electron chi connectivity index (χ3n) is 4.85. The molecule has 1 atom stereocenters. The van der Waals surface area contributed by atoms with E-state index in [1.54, 1.807) is 6.26 Å². The Morgan fingerprint density at radius 2 is 1.54 bits per heavy atom. The second-order valence-electron chi connectivity index (χ2n) is 8.52. The van der Waals surface area contributed by atoms with Gasteiger partial charge in [0.25, 0.3) is 0 Å². The lowest BCUT2D eigenvalue weighted by Crippen LogP contribution is -2.39. The average molecular weight is 381 g/mol. The molecule has 3 nitrogen and oxygen atoms in total. The third-order valence-corrected chi connectivity index (χ3v) is 6.62.